The maximum absolute atomic E-state index is 12.3. The number of nitrogens with zero attached hydrogens (tertiary/aromatic N) is 2. The Morgan fingerprint density at radius 3 is 1.81 bits per heavy atom. The van der Waals surface area contributed by atoms with Crippen LogP contribution in [0.2, 0.25) is 0 Å². The van der Waals surface area contributed by atoms with Crippen molar-refractivity contribution in [2.45, 2.75) is 123 Å². The molecule has 196 valence electrons. The molecule has 0 fully saturated rings. The maximum atomic E-state index is 12.3. The zero-order valence-electron chi connectivity index (χ0n) is 23.2. The van der Waals surface area contributed by atoms with Crippen molar-refractivity contribution in [3.8, 4) is 5.75 Å². The predicted octanol–water partition coefficient (Wildman–Crippen LogP) is 4.69. The summed E-state index contributed by atoms with van der Waals surface area (Å²) in [5.74, 6) is 0.851. The second kappa shape index (κ2) is 20.4. The number of carbonyl (C=O) groups is 1. The van der Waals surface area contributed by atoms with Gasteiger partial charge in [0.15, 0.2) is 0 Å². The first-order valence-corrected chi connectivity index (χ1v) is 14.1. The van der Waals surface area contributed by atoms with Crippen molar-refractivity contribution in [3.05, 3.63) is 36.2 Å². The fourth-order valence-electron chi connectivity index (χ4n) is 4.64. The predicted molar refractivity (Wildman–Crippen MR) is 145 cm³/mol. The fraction of sp³-hybridized carbons (Fsp3) is 0.667. The van der Waals surface area contributed by atoms with Gasteiger partial charge in [0, 0.05) is 6.07 Å². The van der Waals surface area contributed by atoms with Crippen molar-refractivity contribution in [3.63, 3.8) is 0 Å². The molecule has 0 saturated carbocycles. The number of anilines is 1. The van der Waals surface area contributed by atoms with Crippen molar-refractivity contribution in [2.75, 3.05) is 11.5 Å². The van der Waals surface area contributed by atoms with Crippen LogP contribution >= 0.6 is 0 Å². The number of rotatable bonds is 20. The molecule has 0 unspecified atom stereocenters. The van der Waals surface area contributed by atoms with Crippen LogP contribution in [0.3, 0.4) is 0 Å². The van der Waals surface area contributed by atoms with Gasteiger partial charge in [-0.05, 0) is 25.5 Å². The van der Waals surface area contributed by atoms with Gasteiger partial charge in [-0.15, -0.1) is 6.26 Å². The quantitative estimate of drug-likeness (QED) is 0.115. The van der Waals surface area contributed by atoms with Crippen LogP contribution in [0.4, 0.5) is 5.69 Å². The summed E-state index contributed by atoms with van der Waals surface area (Å²) < 4.78 is 5.90. The number of hydrogen-bond acceptors (Lipinski definition) is 4. The Balaban J connectivity index is 0.00000648. The molecule has 0 saturated heterocycles. The summed E-state index contributed by atoms with van der Waals surface area (Å²) in [5, 5.41) is 11.0. The van der Waals surface area contributed by atoms with Crippen LogP contribution in [-0.2, 0) is 4.79 Å². The van der Waals surface area contributed by atoms with Crippen molar-refractivity contribution in [2.24, 2.45) is 4.99 Å². The van der Waals surface area contributed by atoms with Gasteiger partial charge in [-0.2, -0.15) is 0 Å². The van der Waals surface area contributed by atoms with Crippen LogP contribution in [-0.4, -0.2) is 18.3 Å². The Hall–Kier alpha value is -1.70. The number of carbonyl (C=O) groups excluding carboxylic acids is 1. The standard InChI is InChI=1S/C30H48N2O3.Li/c1-3-4-5-6-7-8-9-10-11-12-13-14-15-16-17-18-19-23-35-28-22-20-21-27(24-28)32-26(2)31-29(25-33)30(32)34;/h20-22,24-25,33H,3-19,23H2,1-2H3;/q;+1/p-1/b29-25+;. The minimum absolute atomic E-state index is 0. The van der Waals surface area contributed by atoms with Crippen LogP contribution in [0.15, 0.2) is 41.2 Å². The third-order valence-corrected chi connectivity index (χ3v) is 6.73. The molecule has 2 rings (SSSR count). The molecule has 1 amide bonds. The number of benzene rings is 1. The van der Waals surface area contributed by atoms with Crippen molar-refractivity contribution in [1.82, 2.24) is 0 Å². The maximum Gasteiger partial charge on any atom is 1.00 e. The van der Waals surface area contributed by atoms with Gasteiger partial charge in [-0.1, -0.05) is 116 Å². The molecule has 0 aliphatic carbocycles. The Labute approximate surface area is 232 Å². The SMILES string of the molecule is CCCCCCCCCCCCCCCCCCCOc1cccc(N2C(=O)/C(=C\[O-])N=C2C)c1.[Li+]. The monoisotopic (exact) mass is 490 g/mol. The first-order chi connectivity index (χ1) is 17.2. The largest absolute Gasteiger partial charge is 1.00 e. The number of amides is 1. The third-order valence-electron chi connectivity index (χ3n) is 6.73. The molecule has 6 heteroatoms. The second-order valence-corrected chi connectivity index (χ2v) is 9.81. The third kappa shape index (κ3) is 12.5. The average Bonchev–Trinajstić information content (AvgIpc) is 3.16. The van der Waals surface area contributed by atoms with Gasteiger partial charge in [0.05, 0.1) is 12.3 Å². The van der Waals surface area contributed by atoms with Gasteiger partial charge >= 0.3 is 18.9 Å². The van der Waals surface area contributed by atoms with Gasteiger partial charge in [0.1, 0.15) is 17.3 Å². The zero-order chi connectivity index (χ0) is 25.1. The molecule has 1 heterocycles. The van der Waals surface area contributed by atoms with Gasteiger partial charge in [0.25, 0.3) is 5.91 Å². The van der Waals surface area contributed by atoms with Crippen LogP contribution < -0.4 is 33.6 Å². The van der Waals surface area contributed by atoms with E-state index in [9.17, 15) is 9.90 Å². The van der Waals surface area contributed by atoms with Crippen molar-refractivity contribution < 1.29 is 33.5 Å². The number of aliphatic imine (C=N–C) groups is 1. The molecule has 0 N–H and O–H groups in total. The van der Waals surface area contributed by atoms with Crippen molar-refractivity contribution >= 4 is 17.4 Å². The normalized spacial score (nSPS) is 14.3. The second-order valence-electron chi connectivity index (χ2n) is 9.81. The molecule has 1 aliphatic rings. The number of amidine groups is 1. The molecule has 0 bridgehead atoms. The molecule has 0 aromatic heterocycles. The Morgan fingerprint density at radius 2 is 1.33 bits per heavy atom. The summed E-state index contributed by atoms with van der Waals surface area (Å²) in [6.07, 6.45) is 23.6. The minimum atomic E-state index is -0.386. The Morgan fingerprint density at radius 1 is 0.833 bits per heavy atom. The summed E-state index contributed by atoms with van der Waals surface area (Å²) in [4.78, 5) is 17.8. The van der Waals surface area contributed by atoms with Gasteiger partial charge < -0.3 is 9.84 Å². The zero-order valence-corrected chi connectivity index (χ0v) is 23.2. The first kappa shape index (κ1) is 32.3. The Bertz CT molecular complexity index is 792. The topological polar surface area (TPSA) is 65.0 Å². The molecule has 1 aromatic rings. The van der Waals surface area contributed by atoms with Crippen LogP contribution in [0.1, 0.15) is 123 Å². The van der Waals surface area contributed by atoms with Gasteiger partial charge in [-0.3, -0.25) is 9.69 Å². The molecule has 36 heavy (non-hydrogen) atoms. The number of ether oxygens (including phenoxy) is 1. The molecular weight excluding hydrogens is 443 g/mol. The van der Waals surface area contributed by atoms with E-state index in [1.54, 1.807) is 6.92 Å². The fourth-order valence-corrected chi connectivity index (χ4v) is 4.64. The van der Waals surface area contributed by atoms with Crippen LogP contribution in [0.5, 0.6) is 5.75 Å². The minimum Gasteiger partial charge on any atom is -0.876 e. The molecule has 1 aromatic carbocycles. The van der Waals surface area contributed by atoms with E-state index in [4.69, 9.17) is 4.74 Å². The number of hydrogen-bond donors (Lipinski definition) is 0. The van der Waals surface area contributed by atoms with Gasteiger partial charge in [0.2, 0.25) is 0 Å². The van der Waals surface area contributed by atoms with E-state index in [1.165, 1.54) is 108 Å². The summed E-state index contributed by atoms with van der Waals surface area (Å²) in [7, 11) is 0. The molecule has 1 aliphatic heterocycles. The van der Waals surface area contributed by atoms with Crippen LogP contribution in [0, 0.1) is 0 Å². The summed E-state index contributed by atoms with van der Waals surface area (Å²) in [5.41, 5.74) is 0.616. The van der Waals surface area contributed by atoms with Gasteiger partial charge in [-0.25, -0.2) is 4.99 Å². The first-order valence-electron chi connectivity index (χ1n) is 14.1. The van der Waals surface area contributed by atoms with E-state index in [-0.39, 0.29) is 30.5 Å². The Kier molecular flexibility index (Phi) is 18.3. The summed E-state index contributed by atoms with van der Waals surface area (Å²) in [6.45, 7) is 4.68. The molecule has 0 spiro atoms. The van der Waals surface area contributed by atoms with E-state index in [0.717, 1.165) is 12.2 Å². The number of unbranched alkanes of at least 4 members (excludes halogenated alkanes) is 16. The molecule has 5 nitrogen and oxygen atoms in total. The summed E-state index contributed by atoms with van der Waals surface area (Å²) in [6, 6.07) is 7.42. The van der Waals surface area contributed by atoms with E-state index >= 15 is 0 Å². The van der Waals surface area contributed by atoms with E-state index in [0.29, 0.717) is 24.4 Å². The van der Waals surface area contributed by atoms with E-state index in [2.05, 4.69) is 11.9 Å². The van der Waals surface area contributed by atoms with E-state index in [1.807, 2.05) is 24.3 Å². The average molecular weight is 491 g/mol. The van der Waals surface area contributed by atoms with E-state index < -0.39 is 0 Å². The molecular formula is C30H47LiN2O3. The molecule has 0 atom stereocenters. The molecule has 0 radical (unpaired) electrons. The van der Waals surface area contributed by atoms with Crippen LogP contribution in [0.25, 0.3) is 0 Å². The summed E-state index contributed by atoms with van der Waals surface area (Å²) >= 11 is 0. The smallest absolute Gasteiger partial charge is 0.876 e. The van der Waals surface area contributed by atoms with Crippen molar-refractivity contribution in [1.29, 1.82) is 0 Å².